The molecule has 0 radical (unpaired) electrons. The summed E-state index contributed by atoms with van der Waals surface area (Å²) in [6, 6.07) is 11.8. The van der Waals surface area contributed by atoms with Gasteiger partial charge >= 0.3 is 0 Å². The maximum Gasteiger partial charge on any atom is 0.274 e. The van der Waals surface area contributed by atoms with Crippen LogP contribution in [0.1, 0.15) is 36.7 Å². The van der Waals surface area contributed by atoms with Crippen molar-refractivity contribution in [1.82, 2.24) is 9.88 Å². The smallest absolute Gasteiger partial charge is 0.274 e. The first-order valence-electron chi connectivity index (χ1n) is 10.5. The van der Waals surface area contributed by atoms with Gasteiger partial charge in [0.1, 0.15) is 5.69 Å². The van der Waals surface area contributed by atoms with Gasteiger partial charge in [-0.25, -0.2) is 0 Å². The number of hydrogen-bond acceptors (Lipinski definition) is 5. The van der Waals surface area contributed by atoms with Gasteiger partial charge in [-0.15, -0.1) is 0 Å². The van der Waals surface area contributed by atoms with Crippen molar-refractivity contribution in [3.05, 3.63) is 48.3 Å². The number of anilines is 3. The number of hydrogen-bond donors (Lipinski definition) is 2. The molecule has 6 nitrogen and oxygen atoms in total. The fourth-order valence-corrected chi connectivity index (χ4v) is 3.51. The average molecular weight is 396 g/mol. The van der Waals surface area contributed by atoms with E-state index in [4.69, 9.17) is 0 Å². The Morgan fingerprint density at radius 1 is 1.14 bits per heavy atom. The minimum absolute atomic E-state index is 0.193. The molecule has 1 saturated heterocycles. The Balaban J connectivity index is 1.54. The Bertz CT molecular complexity index is 782. The standard InChI is InChI=1S/C23H33N5O/c1-18-10-15-28(16-11-18)21-7-5-19(6-8-21)26-23(29)22-17-20(9-13-25-22)24-12-4-14-27(2)3/h5-9,13,17-18H,4,10-12,14-16H2,1-3H3,(H,24,25)(H,26,29). The van der Waals surface area contributed by atoms with Crippen LogP contribution >= 0.6 is 0 Å². The fraction of sp³-hybridized carbons (Fsp3) is 0.478. The summed E-state index contributed by atoms with van der Waals surface area (Å²) in [5, 5.41) is 6.30. The number of carbonyl (C=O) groups is 1. The van der Waals surface area contributed by atoms with Gasteiger partial charge in [0.25, 0.3) is 5.91 Å². The number of pyridine rings is 1. The van der Waals surface area contributed by atoms with Crippen molar-refractivity contribution in [2.75, 3.05) is 55.8 Å². The summed E-state index contributed by atoms with van der Waals surface area (Å²) in [7, 11) is 4.13. The minimum atomic E-state index is -0.193. The molecule has 1 fully saturated rings. The first-order valence-corrected chi connectivity index (χ1v) is 10.5. The van der Waals surface area contributed by atoms with E-state index in [1.807, 2.05) is 18.2 Å². The maximum absolute atomic E-state index is 12.6. The Labute approximate surface area is 174 Å². The quantitative estimate of drug-likeness (QED) is 0.663. The van der Waals surface area contributed by atoms with Gasteiger partial charge in [0.05, 0.1) is 0 Å². The maximum atomic E-state index is 12.6. The second-order valence-electron chi connectivity index (χ2n) is 8.18. The summed E-state index contributed by atoms with van der Waals surface area (Å²) in [6.45, 7) is 6.41. The summed E-state index contributed by atoms with van der Waals surface area (Å²) in [4.78, 5) is 21.4. The van der Waals surface area contributed by atoms with Crippen LogP contribution in [-0.4, -0.2) is 56.1 Å². The molecule has 29 heavy (non-hydrogen) atoms. The van der Waals surface area contributed by atoms with E-state index in [2.05, 4.69) is 58.6 Å². The molecule has 1 aliphatic rings. The second-order valence-corrected chi connectivity index (χ2v) is 8.18. The highest BCUT2D eigenvalue weighted by Crippen LogP contribution is 2.24. The van der Waals surface area contributed by atoms with E-state index in [9.17, 15) is 4.79 Å². The van der Waals surface area contributed by atoms with Crippen LogP contribution in [0.3, 0.4) is 0 Å². The van der Waals surface area contributed by atoms with Crippen LogP contribution < -0.4 is 15.5 Å². The minimum Gasteiger partial charge on any atom is -0.385 e. The lowest BCUT2D eigenvalue weighted by molar-refractivity contribution is 0.102. The monoisotopic (exact) mass is 395 g/mol. The van der Waals surface area contributed by atoms with E-state index >= 15 is 0 Å². The van der Waals surface area contributed by atoms with Gasteiger partial charge in [-0.3, -0.25) is 9.78 Å². The summed E-state index contributed by atoms with van der Waals surface area (Å²) in [5.74, 6) is 0.622. The van der Waals surface area contributed by atoms with Crippen molar-refractivity contribution in [3.8, 4) is 0 Å². The molecule has 2 N–H and O–H groups in total. The van der Waals surface area contributed by atoms with Gasteiger partial charge in [0.15, 0.2) is 0 Å². The summed E-state index contributed by atoms with van der Waals surface area (Å²) >= 11 is 0. The van der Waals surface area contributed by atoms with Gasteiger partial charge in [-0.05, 0) is 82.2 Å². The number of benzene rings is 1. The Kier molecular flexibility index (Phi) is 7.47. The highest BCUT2D eigenvalue weighted by Gasteiger charge is 2.16. The van der Waals surface area contributed by atoms with Crippen LogP contribution in [0.15, 0.2) is 42.6 Å². The fourth-order valence-electron chi connectivity index (χ4n) is 3.51. The van der Waals surface area contributed by atoms with Crippen LogP contribution in [0.4, 0.5) is 17.1 Å². The SMILES string of the molecule is CC1CCN(c2ccc(NC(=O)c3cc(NCCCN(C)C)ccn3)cc2)CC1. The van der Waals surface area contributed by atoms with E-state index in [0.29, 0.717) is 5.69 Å². The van der Waals surface area contributed by atoms with E-state index in [-0.39, 0.29) is 5.91 Å². The molecule has 1 aliphatic heterocycles. The Morgan fingerprint density at radius 3 is 2.55 bits per heavy atom. The number of aromatic nitrogens is 1. The molecular weight excluding hydrogens is 362 g/mol. The van der Waals surface area contributed by atoms with E-state index < -0.39 is 0 Å². The topological polar surface area (TPSA) is 60.5 Å². The summed E-state index contributed by atoms with van der Waals surface area (Å²) < 4.78 is 0. The van der Waals surface area contributed by atoms with Crippen molar-refractivity contribution in [3.63, 3.8) is 0 Å². The van der Waals surface area contributed by atoms with Crippen LogP contribution in [0.2, 0.25) is 0 Å². The molecule has 0 bridgehead atoms. The molecule has 1 aromatic heterocycles. The molecule has 0 atom stereocenters. The van der Waals surface area contributed by atoms with Crippen LogP contribution in [0, 0.1) is 5.92 Å². The molecule has 0 spiro atoms. The highest BCUT2D eigenvalue weighted by atomic mass is 16.1. The number of nitrogens with one attached hydrogen (secondary N) is 2. The van der Waals surface area contributed by atoms with E-state index in [0.717, 1.165) is 49.9 Å². The van der Waals surface area contributed by atoms with Crippen molar-refractivity contribution < 1.29 is 4.79 Å². The van der Waals surface area contributed by atoms with E-state index in [1.54, 1.807) is 12.3 Å². The van der Waals surface area contributed by atoms with E-state index in [1.165, 1.54) is 18.5 Å². The highest BCUT2D eigenvalue weighted by molar-refractivity contribution is 6.03. The molecule has 2 aromatic rings. The van der Waals surface area contributed by atoms with Crippen molar-refractivity contribution >= 4 is 23.0 Å². The largest absolute Gasteiger partial charge is 0.385 e. The zero-order chi connectivity index (χ0) is 20.6. The predicted octanol–water partition coefficient (Wildman–Crippen LogP) is 3.93. The lowest BCUT2D eigenvalue weighted by Crippen LogP contribution is -2.32. The second kappa shape index (κ2) is 10.3. The van der Waals surface area contributed by atoms with Crippen LogP contribution in [0.5, 0.6) is 0 Å². The third-order valence-electron chi connectivity index (χ3n) is 5.38. The normalized spacial score (nSPS) is 14.8. The molecule has 0 saturated carbocycles. The summed E-state index contributed by atoms with van der Waals surface area (Å²) in [5.41, 5.74) is 3.34. The summed E-state index contributed by atoms with van der Waals surface area (Å²) in [6.07, 6.45) is 5.19. The van der Waals surface area contributed by atoms with Gasteiger partial charge in [-0.1, -0.05) is 6.92 Å². The molecule has 3 rings (SSSR count). The first-order chi connectivity index (χ1) is 14.0. The van der Waals surface area contributed by atoms with Crippen molar-refractivity contribution in [2.45, 2.75) is 26.2 Å². The Hall–Kier alpha value is -2.60. The van der Waals surface area contributed by atoms with Gasteiger partial charge in [-0.2, -0.15) is 0 Å². The molecule has 1 aromatic carbocycles. The molecule has 1 amide bonds. The third-order valence-corrected chi connectivity index (χ3v) is 5.38. The number of carbonyl (C=O) groups excluding carboxylic acids is 1. The number of amides is 1. The molecule has 0 unspecified atom stereocenters. The number of piperidine rings is 1. The van der Waals surface area contributed by atoms with Gasteiger partial charge in [0.2, 0.25) is 0 Å². The zero-order valence-corrected chi connectivity index (χ0v) is 17.8. The number of rotatable bonds is 8. The molecule has 2 heterocycles. The molecule has 156 valence electrons. The molecular formula is C23H33N5O. The van der Waals surface area contributed by atoms with Crippen molar-refractivity contribution in [2.24, 2.45) is 5.92 Å². The predicted molar refractivity (Wildman–Crippen MR) is 121 cm³/mol. The van der Waals surface area contributed by atoms with Crippen molar-refractivity contribution in [1.29, 1.82) is 0 Å². The number of nitrogens with zero attached hydrogens (tertiary/aromatic N) is 3. The first kappa shape index (κ1) is 21.1. The van der Waals surface area contributed by atoms with Gasteiger partial charge in [0, 0.05) is 42.9 Å². The lowest BCUT2D eigenvalue weighted by atomic mass is 9.99. The lowest BCUT2D eigenvalue weighted by Gasteiger charge is -2.32. The Morgan fingerprint density at radius 2 is 1.86 bits per heavy atom. The van der Waals surface area contributed by atoms with Gasteiger partial charge < -0.3 is 20.4 Å². The average Bonchev–Trinajstić information content (AvgIpc) is 2.72. The van der Waals surface area contributed by atoms with Crippen LogP contribution in [0.25, 0.3) is 0 Å². The molecule has 0 aliphatic carbocycles. The third kappa shape index (κ3) is 6.46. The zero-order valence-electron chi connectivity index (χ0n) is 17.8. The van der Waals surface area contributed by atoms with Crippen LogP contribution in [-0.2, 0) is 0 Å². The molecule has 6 heteroatoms.